The molecule has 62 heavy (non-hydrogen) atoms. The minimum Gasteiger partial charge on any atom is -0.334 e. The first-order chi connectivity index (χ1) is 30.5. The number of rotatable bonds is 6. The molecule has 0 spiro atoms. The molecule has 0 amide bonds. The van der Waals surface area contributed by atoms with E-state index in [0.717, 1.165) is 6.42 Å². The Kier molecular flexibility index (Phi) is 10.5. The van der Waals surface area contributed by atoms with Crippen molar-refractivity contribution >= 4 is 55.8 Å². The van der Waals surface area contributed by atoms with Crippen LogP contribution in [0.1, 0.15) is 23.1 Å². The standard InChI is InChI=1S/C50H39N.C11H10/c1-34-12-6-7-15-43(34)49-32-39(21-20-35(49)2)38-24-28-41(29-25-38)51(40-26-22-37(23-27-40)36-13-4-3-5-14-36)42-30-31-48-46-18-9-8-16-44(46)45-17-10-11-19-47(45)50(48)33-42;1-9-5-4-7-10-6-2-3-8-11(9)10/h3-29,31-33,42H,30H2,1-2H3;2-8H,1H3. The zero-order valence-electron chi connectivity index (χ0n) is 35.6. The molecule has 0 N–H and O–H groups in total. The van der Waals surface area contributed by atoms with E-state index in [0.29, 0.717) is 0 Å². The van der Waals surface area contributed by atoms with Gasteiger partial charge in [-0.15, -0.1) is 0 Å². The molecule has 0 heterocycles. The van der Waals surface area contributed by atoms with Gasteiger partial charge in [-0.25, -0.2) is 0 Å². The molecule has 1 unspecified atom stereocenters. The quantitative estimate of drug-likeness (QED) is 0.152. The van der Waals surface area contributed by atoms with Gasteiger partial charge >= 0.3 is 0 Å². The van der Waals surface area contributed by atoms with Gasteiger partial charge in [-0.3, -0.25) is 0 Å². The normalized spacial score (nSPS) is 13.1. The van der Waals surface area contributed by atoms with Crippen LogP contribution in [0.15, 0.2) is 212 Å². The molecule has 1 aliphatic carbocycles. The number of benzene rings is 10. The number of hydrogen-bond donors (Lipinski definition) is 0. The molecular formula is C61H49N. The third-order valence-electron chi connectivity index (χ3n) is 12.7. The van der Waals surface area contributed by atoms with E-state index in [9.17, 15) is 0 Å². The maximum atomic E-state index is 2.52. The Morgan fingerprint density at radius 3 is 1.50 bits per heavy atom. The molecule has 1 heteroatoms. The average molecular weight is 796 g/mol. The van der Waals surface area contributed by atoms with Crippen molar-refractivity contribution < 1.29 is 0 Å². The molecule has 0 aromatic heterocycles. The lowest BCUT2D eigenvalue weighted by molar-refractivity contribution is 0.839. The van der Waals surface area contributed by atoms with E-state index in [1.807, 2.05) is 0 Å². The first-order valence-electron chi connectivity index (χ1n) is 21.8. The highest BCUT2D eigenvalue weighted by Gasteiger charge is 2.22. The highest BCUT2D eigenvalue weighted by molar-refractivity contribution is 6.08. The number of anilines is 2. The topological polar surface area (TPSA) is 3.24 Å². The minimum absolute atomic E-state index is 0.141. The van der Waals surface area contributed by atoms with E-state index >= 15 is 0 Å². The van der Waals surface area contributed by atoms with Gasteiger partial charge < -0.3 is 4.90 Å². The van der Waals surface area contributed by atoms with E-state index in [4.69, 9.17) is 0 Å². The molecule has 0 saturated heterocycles. The summed E-state index contributed by atoms with van der Waals surface area (Å²) in [6.07, 6.45) is 5.89. The van der Waals surface area contributed by atoms with Gasteiger partial charge in [0.25, 0.3) is 0 Å². The van der Waals surface area contributed by atoms with Crippen LogP contribution in [-0.4, -0.2) is 6.04 Å². The van der Waals surface area contributed by atoms with Gasteiger partial charge in [0.1, 0.15) is 0 Å². The molecule has 11 rings (SSSR count). The summed E-state index contributed by atoms with van der Waals surface area (Å²) >= 11 is 0. The van der Waals surface area contributed by atoms with Gasteiger partial charge in [-0.05, 0) is 150 Å². The minimum atomic E-state index is 0.141. The summed E-state index contributed by atoms with van der Waals surface area (Å²) in [6.45, 7) is 6.54. The van der Waals surface area contributed by atoms with E-state index in [1.165, 1.54) is 104 Å². The predicted molar refractivity (Wildman–Crippen MR) is 268 cm³/mol. The molecule has 10 aromatic carbocycles. The summed E-state index contributed by atoms with van der Waals surface area (Å²) < 4.78 is 0. The van der Waals surface area contributed by atoms with Crippen molar-refractivity contribution in [2.45, 2.75) is 33.2 Å². The molecule has 1 nitrogen and oxygen atoms in total. The zero-order valence-corrected chi connectivity index (χ0v) is 35.6. The summed E-state index contributed by atoms with van der Waals surface area (Å²) in [5.74, 6) is 0. The van der Waals surface area contributed by atoms with Crippen LogP contribution in [0.25, 0.3) is 77.9 Å². The van der Waals surface area contributed by atoms with Crippen molar-refractivity contribution in [3.8, 4) is 33.4 Å². The number of hydrogen-bond acceptors (Lipinski definition) is 1. The second kappa shape index (κ2) is 16.9. The van der Waals surface area contributed by atoms with Crippen molar-refractivity contribution in [3.63, 3.8) is 0 Å². The summed E-state index contributed by atoms with van der Waals surface area (Å²) in [6, 6.07) is 77.1. The lowest BCUT2D eigenvalue weighted by Crippen LogP contribution is -2.38. The van der Waals surface area contributed by atoms with Crippen LogP contribution in [0.2, 0.25) is 0 Å². The lowest BCUT2D eigenvalue weighted by atomic mass is 9.91. The molecule has 0 fully saturated rings. The maximum absolute atomic E-state index is 2.52. The maximum Gasteiger partial charge on any atom is 0.0566 e. The summed E-state index contributed by atoms with van der Waals surface area (Å²) in [5, 5.41) is 10.6. The molecule has 298 valence electrons. The first kappa shape index (κ1) is 38.7. The summed E-state index contributed by atoms with van der Waals surface area (Å²) in [5.41, 5.74) is 13.8. The smallest absolute Gasteiger partial charge is 0.0566 e. The molecule has 0 radical (unpaired) electrons. The fourth-order valence-corrected chi connectivity index (χ4v) is 9.42. The average Bonchev–Trinajstić information content (AvgIpc) is 3.33. The van der Waals surface area contributed by atoms with Gasteiger partial charge in [-0.2, -0.15) is 0 Å². The molecule has 0 bridgehead atoms. The number of fused-ring (bicyclic) bond motifs is 7. The van der Waals surface area contributed by atoms with E-state index in [-0.39, 0.29) is 6.04 Å². The SMILES string of the molecule is Cc1cccc2ccccc12.Cc1ccccc1-c1cc(-c2ccc(N(c3ccc(-c4ccccc4)cc3)C3C=c4c(c5ccccc5c5ccccc45)=CC3)cc2)ccc1C. The number of aryl methyl sites for hydroxylation is 3. The van der Waals surface area contributed by atoms with Crippen molar-refractivity contribution in [1.29, 1.82) is 0 Å². The molecular weight excluding hydrogens is 747 g/mol. The largest absolute Gasteiger partial charge is 0.334 e. The van der Waals surface area contributed by atoms with E-state index < -0.39 is 0 Å². The third kappa shape index (κ3) is 7.48. The molecule has 0 saturated carbocycles. The van der Waals surface area contributed by atoms with Gasteiger partial charge in [0, 0.05) is 11.4 Å². The Bertz CT molecular complexity index is 3340. The Morgan fingerprint density at radius 2 is 0.839 bits per heavy atom. The zero-order chi connectivity index (χ0) is 42.0. The van der Waals surface area contributed by atoms with E-state index in [1.54, 1.807) is 0 Å². The second-order valence-electron chi connectivity index (χ2n) is 16.6. The van der Waals surface area contributed by atoms with Gasteiger partial charge in [-0.1, -0.05) is 194 Å². The summed E-state index contributed by atoms with van der Waals surface area (Å²) in [7, 11) is 0. The molecule has 1 atom stereocenters. The Balaban J connectivity index is 0.000000361. The predicted octanol–water partition coefficient (Wildman–Crippen LogP) is 14.9. The van der Waals surface area contributed by atoms with Crippen LogP contribution in [0, 0.1) is 20.8 Å². The van der Waals surface area contributed by atoms with Crippen molar-refractivity contribution in [2.24, 2.45) is 0 Å². The molecule has 10 aromatic rings. The van der Waals surface area contributed by atoms with Crippen molar-refractivity contribution in [3.05, 3.63) is 239 Å². The van der Waals surface area contributed by atoms with Crippen LogP contribution >= 0.6 is 0 Å². The van der Waals surface area contributed by atoms with Gasteiger partial charge in [0.15, 0.2) is 0 Å². The van der Waals surface area contributed by atoms with Crippen molar-refractivity contribution in [1.82, 2.24) is 0 Å². The number of nitrogens with zero attached hydrogens (tertiary/aromatic N) is 1. The molecule has 0 aliphatic heterocycles. The van der Waals surface area contributed by atoms with Crippen molar-refractivity contribution in [2.75, 3.05) is 4.90 Å². The van der Waals surface area contributed by atoms with Gasteiger partial charge in [0.05, 0.1) is 6.04 Å². The fraction of sp³-hybridized carbons (Fsp3) is 0.0820. The lowest BCUT2D eigenvalue weighted by Gasteiger charge is -2.33. The highest BCUT2D eigenvalue weighted by atomic mass is 15.2. The van der Waals surface area contributed by atoms with Crippen LogP contribution in [0.4, 0.5) is 11.4 Å². The Labute approximate surface area is 365 Å². The molecule has 1 aliphatic rings. The first-order valence-corrected chi connectivity index (χ1v) is 21.8. The van der Waals surface area contributed by atoms with Crippen LogP contribution in [0.3, 0.4) is 0 Å². The van der Waals surface area contributed by atoms with Crippen LogP contribution < -0.4 is 15.3 Å². The second-order valence-corrected chi connectivity index (χ2v) is 16.6. The fourth-order valence-electron chi connectivity index (χ4n) is 9.42. The van der Waals surface area contributed by atoms with Gasteiger partial charge in [0.2, 0.25) is 0 Å². The van der Waals surface area contributed by atoms with E-state index in [2.05, 4.69) is 250 Å². The monoisotopic (exact) mass is 795 g/mol. The Morgan fingerprint density at radius 1 is 0.355 bits per heavy atom. The van der Waals surface area contributed by atoms with Crippen LogP contribution in [0.5, 0.6) is 0 Å². The van der Waals surface area contributed by atoms with Crippen LogP contribution in [-0.2, 0) is 0 Å². The highest BCUT2D eigenvalue weighted by Crippen LogP contribution is 2.36. The summed E-state index contributed by atoms with van der Waals surface area (Å²) in [4.78, 5) is 2.52. The third-order valence-corrected chi connectivity index (χ3v) is 12.7. The Hall–Kier alpha value is -7.48.